The van der Waals surface area contributed by atoms with Crippen molar-refractivity contribution in [1.82, 2.24) is 0 Å². The van der Waals surface area contributed by atoms with E-state index >= 15 is 0 Å². The topological polar surface area (TPSA) is 135 Å². The summed E-state index contributed by atoms with van der Waals surface area (Å²) in [6.45, 7) is 4.27. The molecule has 2 atom stereocenters. The largest absolute Gasteiger partial charge is 1.00 e. The summed E-state index contributed by atoms with van der Waals surface area (Å²) in [7, 11) is -5.09. The molecule has 35 heavy (non-hydrogen) atoms. The van der Waals surface area contributed by atoms with Crippen molar-refractivity contribution in [3.05, 3.63) is 0 Å². The van der Waals surface area contributed by atoms with Crippen LogP contribution in [0.25, 0.3) is 0 Å². The minimum atomic E-state index is -5.09. The zero-order valence-corrected chi connectivity index (χ0v) is 23.6. The second kappa shape index (κ2) is 23.2. The zero-order valence-electron chi connectivity index (χ0n) is 22.8. The molecule has 0 saturated heterocycles. The van der Waals surface area contributed by atoms with Crippen LogP contribution in [-0.4, -0.2) is 29.7 Å². The molecule has 1 N–H and O–H groups in total. The third-order valence-electron chi connectivity index (χ3n) is 6.69. The Morgan fingerprint density at radius 1 is 0.714 bits per heavy atom. The van der Waals surface area contributed by atoms with E-state index in [4.69, 9.17) is 0 Å². The quantitative estimate of drug-likeness (QED) is 0.0984. The molecule has 7 nitrogen and oxygen atoms in total. The van der Waals surface area contributed by atoms with E-state index in [1.165, 1.54) is 19.3 Å². The van der Waals surface area contributed by atoms with Gasteiger partial charge in [-0.1, -0.05) is 117 Å². The normalized spacial score (nSPS) is 13.8. The predicted octanol–water partition coefficient (Wildman–Crippen LogP) is -1.81. The van der Waals surface area contributed by atoms with E-state index in [-0.39, 0.29) is 57.0 Å². The average Bonchev–Trinajstić information content (AvgIpc) is 2.72. The molecule has 0 rings (SSSR count). The Kier molecular flexibility index (Phi) is 26.2. The monoisotopic (exact) mass is 504 g/mol. The van der Waals surface area contributed by atoms with Gasteiger partial charge in [0.2, 0.25) is 0 Å². The van der Waals surface area contributed by atoms with Crippen molar-refractivity contribution in [2.75, 3.05) is 0 Å². The van der Waals surface area contributed by atoms with Gasteiger partial charge in [-0.15, -0.1) is 0 Å². The molecule has 10 heteroatoms. The van der Waals surface area contributed by atoms with E-state index in [0.29, 0.717) is 12.8 Å². The van der Waals surface area contributed by atoms with Gasteiger partial charge in [-0.05, 0) is 25.2 Å². The first-order valence-electron chi connectivity index (χ1n) is 13.0. The van der Waals surface area contributed by atoms with E-state index in [1.807, 2.05) is 0 Å². The maximum Gasteiger partial charge on any atom is 1.00 e. The van der Waals surface area contributed by atoms with Gasteiger partial charge in [-0.2, -0.15) is 8.42 Å². The minimum absolute atomic E-state index is 0. The molecule has 0 spiro atoms. The van der Waals surface area contributed by atoms with Crippen molar-refractivity contribution in [3.8, 4) is 0 Å². The van der Waals surface area contributed by atoms with Gasteiger partial charge in [0, 0.05) is 5.97 Å². The molecule has 0 bridgehead atoms. The first kappa shape index (κ1) is 39.6. The number of carboxylic acid groups (broad SMARTS) is 2. The Morgan fingerprint density at radius 2 is 1.09 bits per heavy atom. The maximum absolute atomic E-state index is 12.3. The number of aliphatic carboxylic acids is 2. The molecule has 0 fully saturated rings. The summed E-state index contributed by atoms with van der Waals surface area (Å²) in [5.74, 6) is -4.73. The van der Waals surface area contributed by atoms with Crippen LogP contribution in [0.15, 0.2) is 0 Å². The first-order valence-corrected chi connectivity index (χ1v) is 14.5. The molecule has 0 saturated carbocycles. The van der Waals surface area contributed by atoms with Crippen molar-refractivity contribution in [3.63, 3.8) is 0 Å². The summed E-state index contributed by atoms with van der Waals surface area (Å²) in [6.07, 6.45) is 14.0. The van der Waals surface area contributed by atoms with E-state index in [9.17, 15) is 32.8 Å². The summed E-state index contributed by atoms with van der Waals surface area (Å²) in [6, 6.07) is 0. The second-order valence-electron chi connectivity index (χ2n) is 9.41. The van der Waals surface area contributed by atoms with Gasteiger partial charge in [0.1, 0.15) is 4.75 Å². The summed E-state index contributed by atoms with van der Waals surface area (Å²) in [5, 5.41) is 23.4. The molecule has 0 heterocycles. The molecule has 0 amide bonds. The Hall–Kier alpha value is 0.0448. The fourth-order valence-electron chi connectivity index (χ4n) is 4.67. The Morgan fingerprint density at radius 3 is 1.43 bits per heavy atom. The second-order valence-corrected chi connectivity index (χ2v) is 11.1. The molecule has 0 aromatic rings. The smallest absolute Gasteiger partial charge is 0.550 e. The Labute approximate surface area is 238 Å². The summed E-state index contributed by atoms with van der Waals surface area (Å²) >= 11 is 0. The van der Waals surface area contributed by atoms with E-state index in [0.717, 1.165) is 64.2 Å². The molecule has 0 aromatic heterocycles. The molecule has 0 aromatic carbocycles. The fraction of sp³-hybridized carbons (Fsp3) is 0.920. The number of carbonyl (C=O) groups is 2. The molecule has 2 unspecified atom stereocenters. The van der Waals surface area contributed by atoms with Crippen LogP contribution in [0, 0.1) is 5.92 Å². The van der Waals surface area contributed by atoms with Crippen LogP contribution in [0.3, 0.4) is 0 Å². The standard InChI is InChI=1S/C25H48O7S.2Li/c1-3-5-7-9-11-13-15-17-19-22(21-23(26)27)25(24(28)29,33(30,31)32)20-18-16-14-12-10-8-6-4-2;;/h22H,3-21H2,1-2H3,(H,26,27)(H,28,29)(H,30,31,32);;/q;2*+1/p-2. The number of unbranched alkanes of at least 4 members (excludes halogenated alkanes) is 14. The summed E-state index contributed by atoms with van der Waals surface area (Å²) in [4.78, 5) is 23.4. The van der Waals surface area contributed by atoms with Crippen molar-refractivity contribution >= 4 is 22.1 Å². The number of hydrogen-bond donors (Lipinski definition) is 1. The summed E-state index contributed by atoms with van der Waals surface area (Å²) < 4.78 is 32.0. The van der Waals surface area contributed by atoms with Crippen LogP contribution in [0.2, 0.25) is 0 Å². The van der Waals surface area contributed by atoms with Crippen molar-refractivity contribution in [2.45, 2.75) is 141 Å². The number of rotatable bonds is 23. The van der Waals surface area contributed by atoms with Crippen molar-refractivity contribution in [2.24, 2.45) is 5.92 Å². The molecular weight excluding hydrogens is 458 g/mol. The van der Waals surface area contributed by atoms with E-state index < -0.39 is 39.1 Å². The van der Waals surface area contributed by atoms with Crippen LogP contribution in [0.1, 0.15) is 136 Å². The third-order valence-corrected chi connectivity index (χ3v) is 8.31. The molecule has 0 aliphatic carbocycles. The van der Waals surface area contributed by atoms with Gasteiger partial charge in [-0.25, -0.2) is 0 Å². The van der Waals surface area contributed by atoms with Gasteiger partial charge in [0.15, 0.2) is 0 Å². The summed E-state index contributed by atoms with van der Waals surface area (Å²) in [5.41, 5.74) is 0. The molecule has 0 radical (unpaired) electrons. The number of carbonyl (C=O) groups excluding carboxylic acids is 2. The van der Waals surface area contributed by atoms with Gasteiger partial charge in [-0.3, -0.25) is 4.55 Å². The zero-order chi connectivity index (χ0) is 25.2. The Balaban J connectivity index is -0.00000512. The van der Waals surface area contributed by atoms with E-state index in [2.05, 4.69) is 13.8 Å². The van der Waals surface area contributed by atoms with Crippen LogP contribution in [0.5, 0.6) is 0 Å². The average molecular weight is 505 g/mol. The molecule has 0 aliphatic heterocycles. The predicted molar refractivity (Wildman–Crippen MR) is 127 cm³/mol. The van der Waals surface area contributed by atoms with Gasteiger partial charge in [0.25, 0.3) is 10.1 Å². The number of carboxylic acids is 2. The van der Waals surface area contributed by atoms with Crippen LogP contribution < -0.4 is 47.9 Å². The SMILES string of the molecule is CCCCCCCCCCC(CC(=O)[O-])C(CCCCCCCCCC)(C(=O)[O-])S(=O)(=O)O.[Li+].[Li+]. The van der Waals surface area contributed by atoms with E-state index in [1.54, 1.807) is 0 Å². The molecular formula is C25H46Li2O7S. The maximum atomic E-state index is 12.3. The van der Waals surface area contributed by atoms with Crippen molar-refractivity contribution < 1.29 is 70.5 Å². The van der Waals surface area contributed by atoms with Crippen LogP contribution >= 0.6 is 0 Å². The Bertz CT molecular complexity index is 644. The van der Waals surface area contributed by atoms with Gasteiger partial charge < -0.3 is 19.8 Å². The molecule has 196 valence electrons. The first-order chi connectivity index (χ1) is 15.6. The number of hydrogen-bond acceptors (Lipinski definition) is 6. The molecule has 0 aliphatic rings. The van der Waals surface area contributed by atoms with Crippen LogP contribution in [0.4, 0.5) is 0 Å². The minimum Gasteiger partial charge on any atom is -0.550 e. The van der Waals surface area contributed by atoms with Crippen LogP contribution in [-0.2, 0) is 19.7 Å². The third kappa shape index (κ3) is 16.5. The fourth-order valence-corrected chi connectivity index (χ4v) is 5.90. The van der Waals surface area contributed by atoms with Gasteiger partial charge in [0.05, 0.1) is 5.97 Å². The van der Waals surface area contributed by atoms with Crippen molar-refractivity contribution in [1.29, 1.82) is 0 Å². The van der Waals surface area contributed by atoms with Gasteiger partial charge >= 0.3 is 37.7 Å².